The molecule has 2 aliphatic carbocycles. The van der Waals surface area contributed by atoms with Crippen molar-refractivity contribution in [3.63, 3.8) is 0 Å². The number of ketones is 4. The molecule has 5 nitrogen and oxygen atoms in total. The number of hydrogen-bond donors (Lipinski definition) is 1. The zero-order chi connectivity index (χ0) is 22.7. The highest BCUT2D eigenvalue weighted by atomic mass is 16.1. The number of carbonyl (C=O) groups is 4. The lowest BCUT2D eigenvalue weighted by Gasteiger charge is -2.23. The SMILES string of the molecule is O=C1c2ccccc2C(=O)c2c(Nc3cccc4c3C(=O)c3ccccc3C4=O)cccc21. The Morgan fingerprint density at radius 1 is 0.364 bits per heavy atom. The molecule has 0 amide bonds. The molecular weight excluding hydrogens is 414 g/mol. The second kappa shape index (κ2) is 6.93. The van der Waals surface area contributed by atoms with Crippen LogP contribution in [0.15, 0.2) is 84.9 Å². The monoisotopic (exact) mass is 429 g/mol. The maximum atomic E-state index is 13.3. The van der Waals surface area contributed by atoms with Crippen LogP contribution >= 0.6 is 0 Å². The number of fused-ring (bicyclic) bond motifs is 4. The Morgan fingerprint density at radius 3 is 1.09 bits per heavy atom. The van der Waals surface area contributed by atoms with Crippen LogP contribution in [0.5, 0.6) is 0 Å². The van der Waals surface area contributed by atoms with Crippen molar-refractivity contribution >= 4 is 34.5 Å². The largest absolute Gasteiger partial charge is 0.354 e. The lowest BCUT2D eigenvalue weighted by molar-refractivity contribution is 0.0979. The summed E-state index contributed by atoms with van der Waals surface area (Å²) in [5, 5.41) is 3.18. The van der Waals surface area contributed by atoms with Crippen LogP contribution in [0.25, 0.3) is 0 Å². The zero-order valence-corrected chi connectivity index (χ0v) is 17.2. The molecule has 0 atom stereocenters. The lowest BCUT2D eigenvalue weighted by atomic mass is 9.82. The molecule has 0 spiro atoms. The van der Waals surface area contributed by atoms with Gasteiger partial charge in [-0.05, 0) is 12.1 Å². The Bertz CT molecular complexity index is 1450. The molecule has 0 saturated heterocycles. The molecule has 33 heavy (non-hydrogen) atoms. The molecule has 4 aromatic rings. The molecule has 1 N–H and O–H groups in total. The molecule has 0 fully saturated rings. The van der Waals surface area contributed by atoms with Crippen LogP contribution in [0.4, 0.5) is 11.4 Å². The molecule has 0 saturated carbocycles. The van der Waals surface area contributed by atoms with E-state index >= 15 is 0 Å². The van der Waals surface area contributed by atoms with E-state index in [1.54, 1.807) is 84.9 Å². The third-order valence-corrected chi connectivity index (χ3v) is 6.17. The van der Waals surface area contributed by atoms with E-state index in [1.165, 1.54) is 0 Å². The highest BCUT2D eigenvalue weighted by Gasteiger charge is 2.34. The van der Waals surface area contributed by atoms with Crippen LogP contribution in [-0.2, 0) is 0 Å². The summed E-state index contributed by atoms with van der Waals surface area (Å²) >= 11 is 0. The summed E-state index contributed by atoms with van der Waals surface area (Å²) in [7, 11) is 0. The molecule has 5 heteroatoms. The lowest BCUT2D eigenvalue weighted by Crippen LogP contribution is -2.23. The van der Waals surface area contributed by atoms with Gasteiger partial charge in [-0.2, -0.15) is 0 Å². The van der Waals surface area contributed by atoms with Crippen molar-refractivity contribution in [2.75, 3.05) is 5.32 Å². The number of benzene rings is 4. The smallest absolute Gasteiger partial charge is 0.196 e. The van der Waals surface area contributed by atoms with E-state index in [0.717, 1.165) is 0 Å². The quantitative estimate of drug-likeness (QED) is 0.420. The molecular formula is C28H15NO4. The van der Waals surface area contributed by atoms with Crippen LogP contribution in [-0.4, -0.2) is 23.1 Å². The van der Waals surface area contributed by atoms with Gasteiger partial charge in [-0.15, -0.1) is 0 Å². The van der Waals surface area contributed by atoms with Gasteiger partial charge in [0.15, 0.2) is 23.1 Å². The van der Waals surface area contributed by atoms with Gasteiger partial charge in [0.1, 0.15) is 0 Å². The highest BCUT2D eigenvalue weighted by molar-refractivity contribution is 6.32. The number of anilines is 2. The maximum absolute atomic E-state index is 13.3. The average Bonchev–Trinajstić information content (AvgIpc) is 2.86. The van der Waals surface area contributed by atoms with Crippen molar-refractivity contribution in [2.45, 2.75) is 0 Å². The van der Waals surface area contributed by atoms with E-state index < -0.39 is 0 Å². The van der Waals surface area contributed by atoms with Crippen molar-refractivity contribution in [1.29, 1.82) is 0 Å². The van der Waals surface area contributed by atoms with E-state index in [-0.39, 0.29) is 34.3 Å². The van der Waals surface area contributed by atoms with Crippen LogP contribution in [0.2, 0.25) is 0 Å². The van der Waals surface area contributed by atoms with Gasteiger partial charge in [0.05, 0.1) is 22.5 Å². The number of carbonyl (C=O) groups excluding carboxylic acids is 4. The van der Waals surface area contributed by atoms with E-state index in [0.29, 0.717) is 44.8 Å². The van der Waals surface area contributed by atoms with Crippen molar-refractivity contribution in [1.82, 2.24) is 0 Å². The predicted octanol–water partition coefficient (Wildman–Crippen LogP) is 4.98. The number of rotatable bonds is 2. The topological polar surface area (TPSA) is 80.3 Å². The fourth-order valence-corrected chi connectivity index (χ4v) is 4.64. The molecule has 0 aromatic heterocycles. The summed E-state index contributed by atoms with van der Waals surface area (Å²) in [4.78, 5) is 52.7. The summed E-state index contributed by atoms with van der Waals surface area (Å²) in [6, 6.07) is 23.5. The first-order valence-electron chi connectivity index (χ1n) is 10.5. The Kier molecular flexibility index (Phi) is 4.01. The van der Waals surface area contributed by atoms with Crippen LogP contribution in [0.1, 0.15) is 63.7 Å². The van der Waals surface area contributed by atoms with Gasteiger partial charge in [0.25, 0.3) is 0 Å². The third-order valence-electron chi connectivity index (χ3n) is 6.17. The maximum Gasteiger partial charge on any atom is 0.196 e. The number of hydrogen-bond acceptors (Lipinski definition) is 5. The van der Waals surface area contributed by atoms with E-state index in [9.17, 15) is 19.2 Å². The minimum atomic E-state index is -0.263. The van der Waals surface area contributed by atoms with E-state index in [1.807, 2.05) is 0 Å². The highest BCUT2D eigenvalue weighted by Crippen LogP contribution is 2.37. The molecule has 0 aliphatic heterocycles. The molecule has 6 rings (SSSR count). The molecule has 0 heterocycles. The fourth-order valence-electron chi connectivity index (χ4n) is 4.64. The van der Waals surface area contributed by atoms with Gasteiger partial charge in [0.2, 0.25) is 0 Å². The van der Waals surface area contributed by atoms with Crippen molar-refractivity contribution < 1.29 is 19.2 Å². The van der Waals surface area contributed by atoms with Crippen molar-refractivity contribution in [3.8, 4) is 0 Å². The van der Waals surface area contributed by atoms with Gasteiger partial charge in [0, 0.05) is 33.4 Å². The van der Waals surface area contributed by atoms with E-state index in [4.69, 9.17) is 0 Å². The summed E-state index contributed by atoms with van der Waals surface area (Å²) in [5.74, 6) is -0.972. The van der Waals surface area contributed by atoms with Crippen LogP contribution < -0.4 is 5.32 Å². The Morgan fingerprint density at radius 2 is 0.697 bits per heavy atom. The molecule has 0 bridgehead atoms. The van der Waals surface area contributed by atoms with E-state index in [2.05, 4.69) is 5.32 Å². The minimum Gasteiger partial charge on any atom is -0.354 e. The Labute approximate surface area is 188 Å². The number of nitrogens with one attached hydrogen (secondary N) is 1. The molecule has 4 aromatic carbocycles. The summed E-state index contributed by atoms with van der Waals surface area (Å²) in [6.45, 7) is 0. The third kappa shape index (κ3) is 2.66. The second-order valence-electron chi connectivity index (χ2n) is 7.99. The zero-order valence-electron chi connectivity index (χ0n) is 17.2. The first-order valence-corrected chi connectivity index (χ1v) is 10.5. The summed E-state index contributed by atoms with van der Waals surface area (Å²) < 4.78 is 0. The van der Waals surface area contributed by atoms with Gasteiger partial charge < -0.3 is 5.32 Å². The first kappa shape index (κ1) is 19.1. The van der Waals surface area contributed by atoms with Gasteiger partial charge in [-0.1, -0.05) is 72.8 Å². The van der Waals surface area contributed by atoms with Gasteiger partial charge in [-0.25, -0.2) is 0 Å². The van der Waals surface area contributed by atoms with Crippen molar-refractivity contribution in [3.05, 3.63) is 129 Å². The normalized spacial score (nSPS) is 13.7. The second-order valence-corrected chi connectivity index (χ2v) is 7.99. The predicted molar refractivity (Wildman–Crippen MR) is 123 cm³/mol. The fraction of sp³-hybridized carbons (Fsp3) is 0. The van der Waals surface area contributed by atoms with Crippen molar-refractivity contribution in [2.24, 2.45) is 0 Å². The minimum absolute atomic E-state index is 0.223. The van der Waals surface area contributed by atoms with Crippen LogP contribution in [0.3, 0.4) is 0 Å². The molecule has 2 aliphatic rings. The van der Waals surface area contributed by atoms with Gasteiger partial charge in [-0.3, -0.25) is 19.2 Å². The van der Waals surface area contributed by atoms with Crippen LogP contribution in [0, 0.1) is 0 Å². The summed E-state index contributed by atoms with van der Waals surface area (Å²) in [6.07, 6.45) is 0. The Balaban J connectivity index is 1.50. The van der Waals surface area contributed by atoms with Gasteiger partial charge >= 0.3 is 0 Å². The Hall–Kier alpha value is -4.64. The summed E-state index contributed by atoms with van der Waals surface area (Å²) in [5.41, 5.74) is 3.40. The molecule has 156 valence electrons. The standard InChI is InChI=1S/C28H15NO4/c30-25-15-7-1-3-9-17(15)27(32)23-19(25)11-5-13-21(23)29-22-14-6-12-20-24(22)28(33)18-10-4-2-8-16(18)26(20)31/h1-14,29H. The molecule has 0 unspecified atom stereocenters. The first-order chi connectivity index (χ1) is 16.1. The average molecular weight is 429 g/mol. The molecule has 0 radical (unpaired) electrons.